The third-order valence-corrected chi connectivity index (χ3v) is 4.13. The zero-order valence-corrected chi connectivity index (χ0v) is 14.3. The Bertz CT molecular complexity index is 920. The molecule has 0 unspecified atom stereocenters. The Balaban J connectivity index is 1.75. The van der Waals surface area contributed by atoms with Crippen LogP contribution in [0.4, 0.5) is 16.2 Å². The second-order valence-electron chi connectivity index (χ2n) is 5.37. The van der Waals surface area contributed by atoms with Gasteiger partial charge in [0.05, 0.1) is 23.3 Å². The van der Waals surface area contributed by atoms with Crippen molar-refractivity contribution >= 4 is 39.9 Å². The topological polar surface area (TPSA) is 68.2 Å². The number of fused-ring (bicyclic) bond motifs is 1. The Morgan fingerprint density at radius 2 is 2.00 bits per heavy atom. The van der Waals surface area contributed by atoms with Crippen LogP contribution in [0.15, 0.2) is 36.4 Å². The summed E-state index contributed by atoms with van der Waals surface area (Å²) in [6.07, 6.45) is 0. The van der Waals surface area contributed by atoms with Crippen molar-refractivity contribution in [3.63, 3.8) is 0 Å². The SMILES string of the molecule is COc1ccc(NC(=O)Nc2ccc3c(C)n(C)nc3c2)c(Cl)c1. The first-order valence-corrected chi connectivity index (χ1v) is 7.70. The fraction of sp³-hybridized carbons (Fsp3) is 0.176. The van der Waals surface area contributed by atoms with Gasteiger partial charge in [0.2, 0.25) is 0 Å². The third kappa shape index (κ3) is 3.14. The molecule has 0 saturated heterocycles. The number of anilines is 2. The van der Waals surface area contributed by atoms with E-state index in [1.807, 2.05) is 36.9 Å². The molecule has 2 N–H and O–H groups in total. The van der Waals surface area contributed by atoms with E-state index < -0.39 is 0 Å². The van der Waals surface area contributed by atoms with Crippen molar-refractivity contribution in [1.82, 2.24) is 9.78 Å². The van der Waals surface area contributed by atoms with Crippen LogP contribution in [0.1, 0.15) is 5.69 Å². The van der Waals surface area contributed by atoms with E-state index in [0.29, 0.717) is 22.1 Å². The first-order chi connectivity index (χ1) is 11.5. The molecular formula is C17H17ClN4O2. The van der Waals surface area contributed by atoms with Crippen molar-refractivity contribution in [2.45, 2.75) is 6.92 Å². The third-order valence-electron chi connectivity index (χ3n) is 3.81. The van der Waals surface area contributed by atoms with Gasteiger partial charge < -0.3 is 15.4 Å². The van der Waals surface area contributed by atoms with Crippen molar-refractivity contribution < 1.29 is 9.53 Å². The fourth-order valence-corrected chi connectivity index (χ4v) is 2.64. The van der Waals surface area contributed by atoms with Crippen LogP contribution in [-0.4, -0.2) is 22.9 Å². The number of halogens is 1. The van der Waals surface area contributed by atoms with E-state index in [-0.39, 0.29) is 6.03 Å². The molecule has 7 heteroatoms. The summed E-state index contributed by atoms with van der Waals surface area (Å²) in [5.74, 6) is 0.627. The zero-order chi connectivity index (χ0) is 17.3. The van der Waals surface area contributed by atoms with Gasteiger partial charge in [-0.1, -0.05) is 11.6 Å². The van der Waals surface area contributed by atoms with Gasteiger partial charge in [0, 0.05) is 29.9 Å². The van der Waals surface area contributed by atoms with Crippen molar-refractivity contribution in [1.29, 1.82) is 0 Å². The number of carbonyl (C=O) groups excluding carboxylic acids is 1. The van der Waals surface area contributed by atoms with Gasteiger partial charge in [-0.2, -0.15) is 5.10 Å². The lowest BCUT2D eigenvalue weighted by Gasteiger charge is -2.10. The number of nitrogens with one attached hydrogen (secondary N) is 2. The predicted octanol–water partition coefficient (Wildman–Crippen LogP) is 4.19. The highest BCUT2D eigenvalue weighted by molar-refractivity contribution is 6.34. The van der Waals surface area contributed by atoms with Crippen molar-refractivity contribution in [2.75, 3.05) is 17.7 Å². The van der Waals surface area contributed by atoms with Crippen molar-refractivity contribution in [3.8, 4) is 5.75 Å². The lowest BCUT2D eigenvalue weighted by atomic mass is 10.2. The summed E-state index contributed by atoms with van der Waals surface area (Å²) in [4.78, 5) is 12.2. The summed E-state index contributed by atoms with van der Waals surface area (Å²) in [7, 11) is 3.45. The van der Waals surface area contributed by atoms with Crippen LogP contribution in [0.5, 0.6) is 5.75 Å². The van der Waals surface area contributed by atoms with Gasteiger partial charge in [0.1, 0.15) is 5.75 Å². The minimum absolute atomic E-state index is 0.380. The summed E-state index contributed by atoms with van der Waals surface area (Å²) >= 11 is 6.12. The number of benzene rings is 2. The van der Waals surface area contributed by atoms with Crippen LogP contribution in [0, 0.1) is 6.92 Å². The maximum atomic E-state index is 12.2. The molecule has 0 aliphatic rings. The van der Waals surface area contributed by atoms with E-state index in [2.05, 4.69) is 15.7 Å². The number of carbonyl (C=O) groups is 1. The maximum absolute atomic E-state index is 12.2. The van der Waals surface area contributed by atoms with Crippen LogP contribution in [0.25, 0.3) is 10.9 Å². The van der Waals surface area contributed by atoms with Crippen molar-refractivity contribution in [3.05, 3.63) is 47.1 Å². The number of amides is 2. The molecule has 0 aliphatic heterocycles. The lowest BCUT2D eigenvalue weighted by Crippen LogP contribution is -2.19. The molecule has 2 amide bonds. The molecule has 0 fully saturated rings. The van der Waals surface area contributed by atoms with E-state index in [1.165, 1.54) is 0 Å². The molecule has 0 aliphatic carbocycles. The van der Waals surface area contributed by atoms with Crippen LogP contribution < -0.4 is 15.4 Å². The molecule has 3 aromatic rings. The number of hydrogen-bond acceptors (Lipinski definition) is 3. The summed E-state index contributed by atoms with van der Waals surface area (Å²) in [6.45, 7) is 2.00. The Labute approximate surface area is 144 Å². The highest BCUT2D eigenvalue weighted by Crippen LogP contribution is 2.27. The number of hydrogen-bond donors (Lipinski definition) is 2. The molecule has 0 bridgehead atoms. The van der Waals surface area contributed by atoms with Gasteiger partial charge in [0.25, 0.3) is 0 Å². The maximum Gasteiger partial charge on any atom is 0.323 e. The number of nitrogens with zero attached hydrogens (tertiary/aromatic N) is 2. The number of aryl methyl sites for hydroxylation is 2. The molecule has 0 saturated carbocycles. The van der Waals surface area contributed by atoms with Gasteiger partial charge in [-0.05, 0) is 37.3 Å². The zero-order valence-electron chi connectivity index (χ0n) is 13.6. The van der Waals surface area contributed by atoms with E-state index >= 15 is 0 Å². The quantitative estimate of drug-likeness (QED) is 0.748. The summed E-state index contributed by atoms with van der Waals surface area (Å²) in [5.41, 5.74) is 3.06. The number of methoxy groups -OCH3 is 1. The molecule has 3 rings (SSSR count). The molecule has 2 aromatic carbocycles. The molecule has 0 spiro atoms. The average molecular weight is 345 g/mol. The van der Waals surface area contributed by atoms with E-state index in [0.717, 1.165) is 16.6 Å². The minimum atomic E-state index is -0.380. The van der Waals surface area contributed by atoms with Crippen molar-refractivity contribution in [2.24, 2.45) is 7.05 Å². The Morgan fingerprint density at radius 1 is 1.21 bits per heavy atom. The minimum Gasteiger partial charge on any atom is -0.497 e. The van der Waals surface area contributed by atoms with E-state index in [4.69, 9.17) is 16.3 Å². The first-order valence-electron chi connectivity index (χ1n) is 7.33. The Kier molecular flexibility index (Phi) is 4.31. The molecule has 0 radical (unpaired) electrons. The predicted molar refractivity (Wildman–Crippen MR) is 96.1 cm³/mol. The smallest absolute Gasteiger partial charge is 0.323 e. The first kappa shape index (κ1) is 16.1. The monoisotopic (exact) mass is 344 g/mol. The number of aromatic nitrogens is 2. The van der Waals surface area contributed by atoms with Gasteiger partial charge >= 0.3 is 6.03 Å². The number of ether oxygens (including phenoxy) is 1. The molecule has 24 heavy (non-hydrogen) atoms. The highest BCUT2D eigenvalue weighted by Gasteiger charge is 2.09. The molecule has 0 atom stereocenters. The van der Waals surface area contributed by atoms with Crippen LogP contribution >= 0.6 is 11.6 Å². The van der Waals surface area contributed by atoms with Gasteiger partial charge in [0.15, 0.2) is 0 Å². The van der Waals surface area contributed by atoms with E-state index in [9.17, 15) is 4.79 Å². The standard InChI is InChI=1S/C17H17ClN4O2/c1-10-13-6-4-11(8-16(13)21-22(10)2)19-17(23)20-15-7-5-12(24-3)9-14(15)18/h4-9H,1-3H3,(H2,19,20,23). The summed E-state index contributed by atoms with van der Waals surface area (Å²) in [5, 5.41) is 11.4. The number of urea groups is 1. The summed E-state index contributed by atoms with van der Waals surface area (Å²) in [6, 6.07) is 10.3. The second-order valence-corrected chi connectivity index (χ2v) is 5.77. The molecule has 124 valence electrons. The van der Waals surface area contributed by atoms with E-state index in [1.54, 1.807) is 25.3 Å². The molecular weight excluding hydrogens is 328 g/mol. The molecule has 6 nitrogen and oxygen atoms in total. The van der Waals surface area contributed by atoms with Gasteiger partial charge in [-0.25, -0.2) is 4.79 Å². The Morgan fingerprint density at radius 3 is 2.71 bits per heavy atom. The molecule has 1 heterocycles. The summed E-state index contributed by atoms with van der Waals surface area (Å²) < 4.78 is 6.89. The average Bonchev–Trinajstić information content (AvgIpc) is 2.83. The van der Waals surface area contributed by atoms with Crippen LogP contribution in [0.3, 0.4) is 0 Å². The highest BCUT2D eigenvalue weighted by atomic mass is 35.5. The Hall–Kier alpha value is -2.73. The lowest BCUT2D eigenvalue weighted by molar-refractivity contribution is 0.262. The van der Waals surface area contributed by atoms with Crippen LogP contribution in [-0.2, 0) is 7.05 Å². The fourth-order valence-electron chi connectivity index (χ4n) is 2.42. The van der Waals surface area contributed by atoms with Crippen LogP contribution in [0.2, 0.25) is 5.02 Å². The number of rotatable bonds is 3. The van der Waals surface area contributed by atoms with Gasteiger partial charge in [-0.15, -0.1) is 0 Å². The second kappa shape index (κ2) is 6.41. The largest absolute Gasteiger partial charge is 0.497 e. The normalized spacial score (nSPS) is 10.7. The molecule has 1 aromatic heterocycles. The van der Waals surface area contributed by atoms with Gasteiger partial charge in [-0.3, -0.25) is 4.68 Å².